The Kier molecular flexibility index (Phi) is 13.0. The molecule has 4 nitrogen and oxygen atoms in total. The molecule has 2 aliphatic carbocycles. The van der Waals surface area contributed by atoms with Crippen LogP contribution in [0, 0.1) is 6.92 Å². The van der Waals surface area contributed by atoms with Gasteiger partial charge in [-0.2, -0.15) is 0 Å². The van der Waals surface area contributed by atoms with Gasteiger partial charge >= 0.3 is 0 Å². The van der Waals surface area contributed by atoms with E-state index >= 15 is 0 Å². The summed E-state index contributed by atoms with van der Waals surface area (Å²) in [5, 5.41) is 2.28. The largest absolute Gasteiger partial charge is 0.456 e. The number of hydrogen-bond donors (Lipinski definition) is 0. The molecular formula is C85H86BN3O. The van der Waals surface area contributed by atoms with Gasteiger partial charge in [0.15, 0.2) is 0 Å². The van der Waals surface area contributed by atoms with Gasteiger partial charge in [-0.3, -0.25) is 0 Å². The molecule has 0 saturated heterocycles. The molecule has 0 N–H and O–H groups in total. The number of para-hydroxylation sites is 1. The molecule has 0 radical (unpaired) electrons. The first-order chi connectivity index (χ1) is 42.8. The van der Waals surface area contributed by atoms with Crippen molar-refractivity contribution in [1.29, 1.82) is 0 Å². The highest BCUT2D eigenvalue weighted by molar-refractivity contribution is 7.00. The summed E-state index contributed by atoms with van der Waals surface area (Å²) in [6.45, 7) is 35.9. The van der Waals surface area contributed by atoms with Crippen LogP contribution >= 0.6 is 0 Å². The first-order valence-corrected chi connectivity index (χ1v) is 33.1. The molecular weight excluding hydrogens is 1090 g/mol. The lowest BCUT2D eigenvalue weighted by Crippen LogP contribution is -2.62. The first kappa shape index (κ1) is 57.9. The van der Waals surface area contributed by atoms with Crippen molar-refractivity contribution in [3.05, 3.63) is 239 Å². The fourth-order valence-electron chi connectivity index (χ4n) is 16.0. The van der Waals surface area contributed by atoms with Crippen molar-refractivity contribution in [2.45, 2.75) is 162 Å². The van der Waals surface area contributed by atoms with Crippen LogP contribution in [0.2, 0.25) is 0 Å². The van der Waals surface area contributed by atoms with Gasteiger partial charge in [-0.05, 0) is 228 Å². The van der Waals surface area contributed by atoms with Crippen LogP contribution < -0.4 is 31.1 Å². The Labute approximate surface area is 535 Å². The summed E-state index contributed by atoms with van der Waals surface area (Å²) >= 11 is 0. The highest BCUT2D eigenvalue weighted by Crippen LogP contribution is 2.55. The minimum absolute atomic E-state index is 0.0147. The fraction of sp³-hybridized carbons (Fsp3) is 0.294. The van der Waals surface area contributed by atoms with E-state index in [1.807, 2.05) is 0 Å². The number of fused-ring (bicyclic) bond motifs is 9. The van der Waals surface area contributed by atoms with Gasteiger partial charge in [-0.25, -0.2) is 0 Å². The molecule has 15 rings (SSSR count). The molecule has 1 aromatic heterocycles. The monoisotopic (exact) mass is 1180 g/mol. The highest BCUT2D eigenvalue weighted by Gasteiger charge is 2.48. The zero-order valence-electron chi connectivity index (χ0n) is 55.7. The van der Waals surface area contributed by atoms with Gasteiger partial charge in [0, 0.05) is 56.3 Å². The van der Waals surface area contributed by atoms with Gasteiger partial charge in [0.25, 0.3) is 6.71 Å². The van der Waals surface area contributed by atoms with Gasteiger partial charge in [0.2, 0.25) is 0 Å². The van der Waals surface area contributed by atoms with Crippen molar-refractivity contribution in [3.63, 3.8) is 0 Å². The third kappa shape index (κ3) is 9.29. The van der Waals surface area contributed by atoms with E-state index in [9.17, 15) is 0 Å². The van der Waals surface area contributed by atoms with E-state index in [-0.39, 0.29) is 39.2 Å². The number of rotatable bonds is 7. The molecule has 0 fully saturated rings. The summed E-state index contributed by atoms with van der Waals surface area (Å²) in [6, 6.07) is 77.4. The molecule has 0 amide bonds. The van der Waals surface area contributed by atoms with Gasteiger partial charge < -0.3 is 19.1 Å². The van der Waals surface area contributed by atoms with E-state index in [2.05, 4.69) is 319 Å². The lowest BCUT2D eigenvalue weighted by molar-refractivity contribution is 0.332. The zero-order valence-corrected chi connectivity index (χ0v) is 55.7. The summed E-state index contributed by atoms with van der Waals surface area (Å²) in [7, 11) is 0. The van der Waals surface area contributed by atoms with E-state index in [1.54, 1.807) is 0 Å². The molecule has 2 aliphatic heterocycles. The van der Waals surface area contributed by atoms with Gasteiger partial charge in [-0.1, -0.05) is 212 Å². The lowest BCUT2D eigenvalue weighted by atomic mass is 9.33. The number of furan rings is 1. The van der Waals surface area contributed by atoms with Crippen LogP contribution in [0.1, 0.15) is 162 Å². The Bertz CT molecular complexity index is 4640. The summed E-state index contributed by atoms with van der Waals surface area (Å²) < 4.78 is 6.64. The Balaban J connectivity index is 1.09. The molecule has 0 unspecified atom stereocenters. The van der Waals surface area contributed by atoms with Crippen LogP contribution in [0.4, 0.5) is 51.2 Å². The molecule has 0 bridgehead atoms. The second kappa shape index (κ2) is 20.2. The minimum Gasteiger partial charge on any atom is -0.456 e. The quantitative estimate of drug-likeness (QED) is 0.148. The lowest BCUT2D eigenvalue weighted by Gasteiger charge is -2.48. The summed E-state index contributed by atoms with van der Waals surface area (Å²) in [5.41, 5.74) is 30.6. The topological polar surface area (TPSA) is 22.9 Å². The summed E-state index contributed by atoms with van der Waals surface area (Å²) in [5.74, 6) is 0. The maximum Gasteiger partial charge on any atom is 0.252 e. The fourth-order valence-corrected chi connectivity index (χ4v) is 16.0. The van der Waals surface area contributed by atoms with Gasteiger partial charge in [0.1, 0.15) is 11.2 Å². The summed E-state index contributed by atoms with van der Waals surface area (Å²) in [6.07, 6.45) is 4.54. The van der Waals surface area contributed by atoms with E-state index < -0.39 is 0 Å². The molecule has 0 spiro atoms. The molecule has 450 valence electrons. The molecule has 0 saturated carbocycles. The Morgan fingerprint density at radius 1 is 0.400 bits per heavy atom. The highest BCUT2D eigenvalue weighted by atomic mass is 16.3. The zero-order chi connectivity index (χ0) is 62.8. The number of aryl methyl sites for hydroxylation is 1. The molecule has 3 heterocycles. The smallest absolute Gasteiger partial charge is 0.252 e. The van der Waals surface area contributed by atoms with Crippen LogP contribution in [0.5, 0.6) is 0 Å². The number of hydrogen-bond acceptors (Lipinski definition) is 4. The molecule has 10 aromatic carbocycles. The van der Waals surface area contributed by atoms with Gasteiger partial charge in [0.05, 0.1) is 5.69 Å². The molecule has 4 aliphatic rings. The second-order valence-electron chi connectivity index (χ2n) is 31.6. The third-order valence-electron chi connectivity index (χ3n) is 21.6. The molecule has 5 heteroatoms. The Morgan fingerprint density at radius 3 is 1.56 bits per heavy atom. The van der Waals surface area contributed by atoms with Gasteiger partial charge in [-0.15, -0.1) is 0 Å². The average Bonchev–Trinajstić information content (AvgIpc) is 0.776. The van der Waals surface area contributed by atoms with Crippen molar-refractivity contribution in [2.75, 3.05) is 14.7 Å². The molecule has 11 aromatic rings. The average molecular weight is 1180 g/mol. The first-order valence-electron chi connectivity index (χ1n) is 33.1. The number of benzene rings is 10. The molecule has 90 heavy (non-hydrogen) atoms. The van der Waals surface area contributed by atoms with Crippen molar-refractivity contribution < 1.29 is 4.42 Å². The van der Waals surface area contributed by atoms with Crippen LogP contribution in [-0.2, 0) is 32.5 Å². The van der Waals surface area contributed by atoms with E-state index in [1.165, 1.54) is 106 Å². The van der Waals surface area contributed by atoms with Crippen molar-refractivity contribution in [3.8, 4) is 22.3 Å². The molecule has 0 atom stereocenters. The maximum atomic E-state index is 6.64. The van der Waals surface area contributed by atoms with Crippen LogP contribution in [0.15, 0.2) is 205 Å². The SMILES string of the molecule is Cc1cc(-c2ccccc2)ccc1N1c2ccc(-c3cccc4oc5ccccc5c34)cc2B2c3cc4c(cc3N(c3ccc5c(c3)C(C)(C)CCC5(C)C)c3cc(N(c5ccc(C(C)(C)C)cc5)c5ccc(C(C)(C)C)cc5)cc1c32)C(C)(C)CCC4(C)C. The Morgan fingerprint density at radius 2 is 0.933 bits per heavy atom. The van der Waals surface area contributed by atoms with Crippen LogP contribution in [0.25, 0.3) is 44.2 Å². The van der Waals surface area contributed by atoms with Crippen LogP contribution in [0.3, 0.4) is 0 Å². The number of nitrogens with zero attached hydrogens (tertiary/aromatic N) is 3. The van der Waals surface area contributed by atoms with Crippen molar-refractivity contribution in [1.82, 2.24) is 0 Å². The maximum absolute atomic E-state index is 6.64. The second-order valence-corrected chi connectivity index (χ2v) is 31.6. The normalized spacial score (nSPS) is 16.7. The predicted molar refractivity (Wildman–Crippen MR) is 386 cm³/mol. The van der Waals surface area contributed by atoms with Crippen molar-refractivity contribution in [2.24, 2.45) is 0 Å². The summed E-state index contributed by atoms with van der Waals surface area (Å²) in [4.78, 5) is 7.91. The van der Waals surface area contributed by atoms with E-state index in [4.69, 9.17) is 4.42 Å². The minimum atomic E-state index is -0.143. The third-order valence-corrected chi connectivity index (χ3v) is 21.6. The van der Waals surface area contributed by atoms with Crippen molar-refractivity contribution >= 4 is 96.2 Å². The van der Waals surface area contributed by atoms with E-state index in [0.717, 1.165) is 70.4 Å². The number of anilines is 9. The standard InChI is InChI=1S/C85H86BN3O/c1-53-46-55(54-22-17-16-18-23-54)28-40-71(53)89-72-41-29-56(63-25-21-27-77-78(63)64-24-19-20-26-76(64)90-77)47-69(72)86-70-51-67-68(85(14,15)45-44-84(67,12)13)52-73(70)88(61-38-39-65-66(48-61)83(10,11)43-42-82(65,8)9)74-49-62(50-75(89)79(74)86)87(59-34-30-57(31-35-59)80(2,3)4)60-36-32-58(33-37-60)81(5,6)7/h16-41,46-52H,42-45H2,1-15H3. The van der Waals surface area contributed by atoms with E-state index in [0.29, 0.717) is 0 Å². The Hall–Kier alpha value is -8.54. The van der Waals surface area contributed by atoms with Crippen LogP contribution in [-0.4, -0.2) is 6.71 Å². The predicted octanol–water partition coefficient (Wildman–Crippen LogP) is 22.1.